The van der Waals surface area contributed by atoms with Crippen molar-refractivity contribution < 1.29 is 14.3 Å². The van der Waals surface area contributed by atoms with E-state index in [0.29, 0.717) is 6.61 Å². The molecule has 1 aromatic rings. The SMILES string of the molecule is COC(=O)CCOc1ccc(SC)cc1. The highest BCUT2D eigenvalue weighted by atomic mass is 32.2. The van der Waals surface area contributed by atoms with E-state index in [4.69, 9.17) is 4.74 Å². The van der Waals surface area contributed by atoms with E-state index < -0.39 is 0 Å². The first-order chi connectivity index (χ1) is 7.26. The van der Waals surface area contributed by atoms with Gasteiger partial charge in [0.2, 0.25) is 0 Å². The van der Waals surface area contributed by atoms with Gasteiger partial charge in [0.15, 0.2) is 0 Å². The molecule has 0 spiro atoms. The second-order valence-corrected chi connectivity index (χ2v) is 3.73. The van der Waals surface area contributed by atoms with Crippen molar-refractivity contribution in [2.45, 2.75) is 11.3 Å². The summed E-state index contributed by atoms with van der Waals surface area (Å²) in [6.07, 6.45) is 2.30. The van der Waals surface area contributed by atoms with Crippen LogP contribution in [0.4, 0.5) is 0 Å². The van der Waals surface area contributed by atoms with Gasteiger partial charge in [0.25, 0.3) is 0 Å². The topological polar surface area (TPSA) is 35.5 Å². The van der Waals surface area contributed by atoms with Crippen LogP contribution < -0.4 is 4.74 Å². The summed E-state index contributed by atoms with van der Waals surface area (Å²) in [5, 5.41) is 0. The van der Waals surface area contributed by atoms with E-state index in [-0.39, 0.29) is 12.4 Å². The van der Waals surface area contributed by atoms with Gasteiger partial charge >= 0.3 is 5.97 Å². The summed E-state index contributed by atoms with van der Waals surface area (Å²) >= 11 is 1.68. The lowest BCUT2D eigenvalue weighted by atomic mass is 10.3. The molecule has 0 unspecified atom stereocenters. The zero-order valence-electron chi connectivity index (χ0n) is 8.86. The quantitative estimate of drug-likeness (QED) is 0.570. The van der Waals surface area contributed by atoms with Gasteiger partial charge in [0.05, 0.1) is 20.1 Å². The first-order valence-corrected chi connectivity index (χ1v) is 5.82. The molecule has 0 atom stereocenters. The van der Waals surface area contributed by atoms with Crippen LogP contribution in [0, 0.1) is 0 Å². The van der Waals surface area contributed by atoms with Crippen molar-refractivity contribution in [3.8, 4) is 5.75 Å². The van der Waals surface area contributed by atoms with Gasteiger partial charge in [-0.15, -0.1) is 11.8 Å². The molecular formula is C11H14O3S. The van der Waals surface area contributed by atoms with E-state index in [1.54, 1.807) is 11.8 Å². The Kier molecular flexibility index (Phi) is 5.04. The first kappa shape index (κ1) is 11.9. The molecule has 0 radical (unpaired) electrons. The molecule has 0 heterocycles. The van der Waals surface area contributed by atoms with E-state index >= 15 is 0 Å². The van der Waals surface area contributed by atoms with Gasteiger partial charge in [-0.25, -0.2) is 0 Å². The van der Waals surface area contributed by atoms with Crippen molar-refractivity contribution in [3.63, 3.8) is 0 Å². The summed E-state index contributed by atoms with van der Waals surface area (Å²) in [6, 6.07) is 7.75. The van der Waals surface area contributed by atoms with Crippen LogP contribution in [-0.2, 0) is 9.53 Å². The van der Waals surface area contributed by atoms with Crippen LogP contribution in [0.25, 0.3) is 0 Å². The van der Waals surface area contributed by atoms with E-state index in [2.05, 4.69) is 4.74 Å². The number of ether oxygens (including phenoxy) is 2. The second-order valence-electron chi connectivity index (χ2n) is 2.85. The number of hydrogen-bond donors (Lipinski definition) is 0. The van der Waals surface area contributed by atoms with Crippen LogP contribution in [0.1, 0.15) is 6.42 Å². The highest BCUT2D eigenvalue weighted by molar-refractivity contribution is 7.98. The van der Waals surface area contributed by atoms with Gasteiger partial charge in [-0.3, -0.25) is 4.79 Å². The summed E-state index contributed by atoms with van der Waals surface area (Å²) in [4.78, 5) is 12.0. The molecule has 0 saturated carbocycles. The summed E-state index contributed by atoms with van der Waals surface area (Å²) in [5.41, 5.74) is 0. The zero-order chi connectivity index (χ0) is 11.1. The van der Waals surface area contributed by atoms with Crippen molar-refractivity contribution in [2.75, 3.05) is 20.0 Å². The summed E-state index contributed by atoms with van der Waals surface area (Å²) in [7, 11) is 1.37. The van der Waals surface area contributed by atoms with E-state index in [1.165, 1.54) is 12.0 Å². The van der Waals surface area contributed by atoms with Gasteiger partial charge in [-0.05, 0) is 30.5 Å². The molecule has 4 heteroatoms. The fraction of sp³-hybridized carbons (Fsp3) is 0.364. The van der Waals surface area contributed by atoms with Crippen molar-refractivity contribution in [2.24, 2.45) is 0 Å². The molecule has 1 rings (SSSR count). The Morgan fingerprint density at radius 3 is 2.53 bits per heavy atom. The fourth-order valence-electron chi connectivity index (χ4n) is 1.03. The molecule has 0 saturated heterocycles. The number of methoxy groups -OCH3 is 1. The third-order valence-corrected chi connectivity index (χ3v) is 2.61. The highest BCUT2D eigenvalue weighted by Crippen LogP contribution is 2.18. The number of carbonyl (C=O) groups excluding carboxylic acids is 1. The number of rotatable bonds is 5. The van der Waals surface area contributed by atoms with Gasteiger partial charge in [-0.1, -0.05) is 0 Å². The minimum Gasteiger partial charge on any atom is -0.493 e. The Balaban J connectivity index is 2.34. The molecule has 0 amide bonds. The molecule has 0 aliphatic carbocycles. The Hall–Kier alpha value is -1.16. The van der Waals surface area contributed by atoms with Crippen LogP contribution in [0.3, 0.4) is 0 Å². The molecule has 0 aliphatic heterocycles. The third kappa shape index (κ3) is 4.25. The molecule has 1 aromatic carbocycles. The Morgan fingerprint density at radius 1 is 1.33 bits per heavy atom. The zero-order valence-corrected chi connectivity index (χ0v) is 9.67. The van der Waals surface area contributed by atoms with Gasteiger partial charge < -0.3 is 9.47 Å². The molecule has 82 valence electrons. The lowest BCUT2D eigenvalue weighted by molar-refractivity contribution is -0.141. The number of hydrogen-bond acceptors (Lipinski definition) is 4. The fourth-order valence-corrected chi connectivity index (χ4v) is 1.43. The largest absolute Gasteiger partial charge is 0.493 e. The molecule has 3 nitrogen and oxygen atoms in total. The minimum atomic E-state index is -0.254. The number of carbonyl (C=O) groups is 1. The van der Waals surface area contributed by atoms with E-state index in [9.17, 15) is 4.79 Å². The molecular weight excluding hydrogens is 212 g/mol. The molecule has 0 fully saturated rings. The van der Waals surface area contributed by atoms with Crippen LogP contribution in [0.2, 0.25) is 0 Å². The lowest BCUT2D eigenvalue weighted by Gasteiger charge is -2.05. The predicted molar refractivity (Wildman–Crippen MR) is 60.4 cm³/mol. The minimum absolute atomic E-state index is 0.254. The molecule has 0 bridgehead atoms. The van der Waals surface area contributed by atoms with E-state index in [0.717, 1.165) is 5.75 Å². The highest BCUT2D eigenvalue weighted by Gasteiger charge is 2.00. The van der Waals surface area contributed by atoms with Crippen molar-refractivity contribution in [3.05, 3.63) is 24.3 Å². The smallest absolute Gasteiger partial charge is 0.308 e. The van der Waals surface area contributed by atoms with Crippen molar-refractivity contribution in [1.29, 1.82) is 0 Å². The molecule has 15 heavy (non-hydrogen) atoms. The Morgan fingerprint density at radius 2 is 2.00 bits per heavy atom. The number of thioether (sulfide) groups is 1. The third-order valence-electron chi connectivity index (χ3n) is 1.86. The van der Waals surface area contributed by atoms with Crippen molar-refractivity contribution >= 4 is 17.7 Å². The maximum Gasteiger partial charge on any atom is 0.308 e. The van der Waals surface area contributed by atoms with Crippen LogP contribution in [0.5, 0.6) is 5.75 Å². The van der Waals surface area contributed by atoms with Crippen LogP contribution in [-0.4, -0.2) is 25.9 Å². The summed E-state index contributed by atoms with van der Waals surface area (Å²) in [5.74, 6) is 0.521. The number of benzene rings is 1. The maximum atomic E-state index is 10.8. The lowest BCUT2D eigenvalue weighted by Crippen LogP contribution is -2.07. The molecule has 0 aliphatic rings. The van der Waals surface area contributed by atoms with Gasteiger partial charge in [0, 0.05) is 4.90 Å². The van der Waals surface area contributed by atoms with Crippen molar-refractivity contribution in [1.82, 2.24) is 0 Å². The number of esters is 1. The van der Waals surface area contributed by atoms with Crippen LogP contribution in [0.15, 0.2) is 29.2 Å². The summed E-state index contributed by atoms with van der Waals surface area (Å²) in [6.45, 7) is 0.352. The first-order valence-electron chi connectivity index (χ1n) is 4.60. The maximum absolute atomic E-state index is 10.8. The molecule has 0 N–H and O–H groups in total. The van der Waals surface area contributed by atoms with Gasteiger partial charge in [0.1, 0.15) is 5.75 Å². The predicted octanol–water partition coefficient (Wildman–Crippen LogP) is 2.35. The van der Waals surface area contributed by atoms with Crippen LogP contribution >= 0.6 is 11.8 Å². The Bertz CT molecular complexity index is 308. The normalized spacial score (nSPS) is 9.73. The van der Waals surface area contributed by atoms with Gasteiger partial charge in [-0.2, -0.15) is 0 Å². The standard InChI is InChI=1S/C11H14O3S/c1-13-11(12)7-8-14-9-3-5-10(15-2)6-4-9/h3-6H,7-8H2,1-2H3. The molecule has 0 aromatic heterocycles. The Labute approximate surface area is 93.8 Å². The second kappa shape index (κ2) is 6.35. The average molecular weight is 226 g/mol. The van der Waals surface area contributed by atoms with E-state index in [1.807, 2.05) is 30.5 Å². The average Bonchev–Trinajstić information content (AvgIpc) is 2.29. The summed E-state index contributed by atoms with van der Waals surface area (Å²) < 4.78 is 9.87. The monoisotopic (exact) mass is 226 g/mol.